The Bertz CT molecular complexity index is 599. The van der Waals surface area contributed by atoms with Gasteiger partial charge in [0.25, 0.3) is 0 Å². The standard InChI is InChI=1S/C14H12BrNO3/c1-18-11-6-5-10(14(19-2)12(11)15)13(17)9-4-3-7-16-8-9/h3-8H,1-2H3. The molecule has 98 valence electrons. The minimum Gasteiger partial charge on any atom is -0.495 e. The van der Waals surface area contributed by atoms with E-state index in [4.69, 9.17) is 9.47 Å². The highest BCUT2D eigenvalue weighted by Gasteiger charge is 2.19. The first-order valence-electron chi connectivity index (χ1n) is 5.54. The fourth-order valence-electron chi connectivity index (χ4n) is 1.73. The second-order valence-electron chi connectivity index (χ2n) is 3.73. The lowest BCUT2D eigenvalue weighted by Crippen LogP contribution is -2.05. The molecule has 0 radical (unpaired) electrons. The SMILES string of the molecule is COc1ccc(C(=O)c2cccnc2)c(OC)c1Br. The zero-order valence-corrected chi connectivity index (χ0v) is 12.1. The Morgan fingerprint density at radius 2 is 2.00 bits per heavy atom. The molecule has 0 spiro atoms. The highest BCUT2D eigenvalue weighted by atomic mass is 79.9. The molecule has 1 heterocycles. The van der Waals surface area contributed by atoms with Gasteiger partial charge in [0, 0.05) is 18.0 Å². The Labute approximate surface area is 119 Å². The van der Waals surface area contributed by atoms with Crippen LogP contribution in [0.15, 0.2) is 41.1 Å². The summed E-state index contributed by atoms with van der Waals surface area (Å²) in [6, 6.07) is 6.83. The Hall–Kier alpha value is -1.88. The van der Waals surface area contributed by atoms with Gasteiger partial charge in [0.15, 0.2) is 5.78 Å². The molecule has 1 aromatic carbocycles. The van der Waals surface area contributed by atoms with Crippen LogP contribution in [0, 0.1) is 0 Å². The van der Waals surface area contributed by atoms with Crippen LogP contribution in [0.3, 0.4) is 0 Å². The maximum atomic E-state index is 12.4. The smallest absolute Gasteiger partial charge is 0.198 e. The Kier molecular flexibility index (Phi) is 4.16. The molecule has 19 heavy (non-hydrogen) atoms. The largest absolute Gasteiger partial charge is 0.495 e. The van der Waals surface area contributed by atoms with Gasteiger partial charge in [-0.1, -0.05) is 0 Å². The molecule has 0 saturated carbocycles. The van der Waals surface area contributed by atoms with Crippen molar-refractivity contribution in [3.8, 4) is 11.5 Å². The van der Waals surface area contributed by atoms with Crippen molar-refractivity contribution >= 4 is 21.7 Å². The summed E-state index contributed by atoms with van der Waals surface area (Å²) in [6.07, 6.45) is 3.15. The van der Waals surface area contributed by atoms with E-state index in [0.29, 0.717) is 27.1 Å². The van der Waals surface area contributed by atoms with E-state index >= 15 is 0 Å². The normalized spacial score (nSPS) is 10.1. The van der Waals surface area contributed by atoms with Gasteiger partial charge in [-0.05, 0) is 40.2 Å². The Morgan fingerprint density at radius 3 is 2.58 bits per heavy atom. The van der Waals surface area contributed by atoms with Gasteiger partial charge in [-0.25, -0.2) is 0 Å². The second kappa shape index (κ2) is 5.84. The lowest BCUT2D eigenvalue weighted by Gasteiger charge is -2.12. The van der Waals surface area contributed by atoms with Crippen LogP contribution in [0.25, 0.3) is 0 Å². The number of ether oxygens (including phenoxy) is 2. The quantitative estimate of drug-likeness (QED) is 0.812. The number of rotatable bonds is 4. The highest BCUT2D eigenvalue weighted by Crippen LogP contribution is 2.37. The van der Waals surface area contributed by atoms with E-state index in [-0.39, 0.29) is 5.78 Å². The van der Waals surface area contributed by atoms with Crippen LogP contribution in [-0.4, -0.2) is 25.0 Å². The summed E-state index contributed by atoms with van der Waals surface area (Å²) in [4.78, 5) is 16.3. The molecule has 0 aliphatic heterocycles. The van der Waals surface area contributed by atoms with E-state index in [0.717, 1.165) is 0 Å². The van der Waals surface area contributed by atoms with E-state index < -0.39 is 0 Å². The molecule has 0 N–H and O–H groups in total. The third-order valence-electron chi connectivity index (χ3n) is 2.65. The van der Waals surface area contributed by atoms with E-state index in [9.17, 15) is 4.79 Å². The van der Waals surface area contributed by atoms with Crippen molar-refractivity contribution in [3.63, 3.8) is 0 Å². The Morgan fingerprint density at radius 1 is 1.21 bits per heavy atom. The van der Waals surface area contributed by atoms with E-state index in [2.05, 4.69) is 20.9 Å². The molecule has 1 aromatic heterocycles. The van der Waals surface area contributed by atoms with Gasteiger partial charge in [0.05, 0.1) is 19.8 Å². The molecule has 0 fully saturated rings. The number of pyridine rings is 1. The zero-order valence-electron chi connectivity index (χ0n) is 10.5. The van der Waals surface area contributed by atoms with E-state index in [1.165, 1.54) is 13.3 Å². The number of hydrogen-bond donors (Lipinski definition) is 0. The average molecular weight is 322 g/mol. The molecule has 0 aliphatic rings. The summed E-state index contributed by atoms with van der Waals surface area (Å²) in [7, 11) is 3.07. The number of hydrogen-bond acceptors (Lipinski definition) is 4. The predicted molar refractivity (Wildman–Crippen MR) is 74.9 cm³/mol. The highest BCUT2D eigenvalue weighted by molar-refractivity contribution is 9.10. The van der Waals surface area contributed by atoms with Gasteiger partial charge < -0.3 is 9.47 Å². The minimum atomic E-state index is -0.145. The van der Waals surface area contributed by atoms with Crippen molar-refractivity contribution < 1.29 is 14.3 Å². The summed E-state index contributed by atoms with van der Waals surface area (Å²) in [5.74, 6) is 0.918. The molecule has 0 atom stereocenters. The van der Waals surface area contributed by atoms with Gasteiger partial charge in [-0.3, -0.25) is 9.78 Å². The van der Waals surface area contributed by atoms with E-state index in [1.807, 2.05) is 0 Å². The predicted octanol–water partition coefficient (Wildman–Crippen LogP) is 3.09. The first kappa shape index (κ1) is 13.5. The molecule has 2 rings (SSSR count). The maximum absolute atomic E-state index is 12.4. The molecule has 0 aliphatic carbocycles. The van der Waals surface area contributed by atoms with Crippen LogP contribution < -0.4 is 9.47 Å². The number of methoxy groups -OCH3 is 2. The van der Waals surface area contributed by atoms with Crippen molar-refractivity contribution in [2.45, 2.75) is 0 Å². The summed E-state index contributed by atoms with van der Waals surface area (Å²) >= 11 is 3.38. The third-order valence-corrected chi connectivity index (χ3v) is 3.40. The maximum Gasteiger partial charge on any atom is 0.198 e. The van der Waals surface area contributed by atoms with Crippen LogP contribution in [-0.2, 0) is 0 Å². The molecule has 2 aromatic rings. The van der Waals surface area contributed by atoms with Crippen molar-refractivity contribution in [3.05, 3.63) is 52.3 Å². The fourth-order valence-corrected chi connectivity index (χ4v) is 2.40. The molecular formula is C14H12BrNO3. The fraction of sp³-hybridized carbons (Fsp3) is 0.143. The summed E-state index contributed by atoms with van der Waals surface area (Å²) in [6.45, 7) is 0. The molecule has 5 heteroatoms. The second-order valence-corrected chi connectivity index (χ2v) is 4.53. The van der Waals surface area contributed by atoms with Gasteiger partial charge in [-0.15, -0.1) is 0 Å². The third kappa shape index (κ3) is 2.61. The van der Waals surface area contributed by atoms with Crippen LogP contribution in [0.4, 0.5) is 0 Å². The lowest BCUT2D eigenvalue weighted by molar-refractivity contribution is 0.103. The number of carbonyl (C=O) groups excluding carboxylic acids is 1. The van der Waals surface area contributed by atoms with Crippen LogP contribution >= 0.6 is 15.9 Å². The first-order valence-corrected chi connectivity index (χ1v) is 6.33. The van der Waals surface area contributed by atoms with Gasteiger partial charge in [0.2, 0.25) is 0 Å². The van der Waals surface area contributed by atoms with Gasteiger partial charge in [0.1, 0.15) is 16.0 Å². The van der Waals surface area contributed by atoms with Crippen LogP contribution in [0.1, 0.15) is 15.9 Å². The molecule has 0 unspecified atom stereocenters. The summed E-state index contributed by atoms with van der Waals surface area (Å²) < 4.78 is 11.1. The van der Waals surface area contributed by atoms with Crippen molar-refractivity contribution in [2.75, 3.05) is 14.2 Å². The molecule has 0 bridgehead atoms. The van der Waals surface area contributed by atoms with E-state index in [1.54, 1.807) is 37.6 Å². The Balaban J connectivity index is 2.51. The molecule has 0 amide bonds. The molecule has 0 saturated heterocycles. The number of nitrogens with zero attached hydrogens (tertiary/aromatic N) is 1. The van der Waals surface area contributed by atoms with Gasteiger partial charge >= 0.3 is 0 Å². The molecule has 4 nitrogen and oxygen atoms in total. The van der Waals surface area contributed by atoms with Crippen molar-refractivity contribution in [1.82, 2.24) is 4.98 Å². The number of ketones is 1. The van der Waals surface area contributed by atoms with Crippen molar-refractivity contribution in [1.29, 1.82) is 0 Å². The summed E-state index contributed by atoms with van der Waals surface area (Å²) in [5.41, 5.74) is 0.973. The van der Waals surface area contributed by atoms with Gasteiger partial charge in [-0.2, -0.15) is 0 Å². The minimum absolute atomic E-state index is 0.145. The number of aromatic nitrogens is 1. The average Bonchev–Trinajstić information content (AvgIpc) is 2.47. The summed E-state index contributed by atoms with van der Waals surface area (Å²) in [5, 5.41) is 0. The lowest BCUT2D eigenvalue weighted by atomic mass is 10.0. The van der Waals surface area contributed by atoms with Crippen LogP contribution in [0.5, 0.6) is 11.5 Å². The number of halogens is 1. The number of carbonyl (C=O) groups is 1. The topological polar surface area (TPSA) is 48.4 Å². The molecular weight excluding hydrogens is 310 g/mol. The monoisotopic (exact) mass is 321 g/mol. The number of benzene rings is 1. The van der Waals surface area contributed by atoms with Crippen LogP contribution in [0.2, 0.25) is 0 Å². The first-order chi connectivity index (χ1) is 9.19. The van der Waals surface area contributed by atoms with Crippen molar-refractivity contribution in [2.24, 2.45) is 0 Å². The zero-order chi connectivity index (χ0) is 13.8.